The smallest absolute Gasteiger partial charge is 0.351 e. The molecular weight excluding hydrogens is 292 g/mol. The Bertz CT molecular complexity index is 659. The first-order valence-corrected chi connectivity index (χ1v) is 7.40. The summed E-state index contributed by atoms with van der Waals surface area (Å²) in [6, 6.07) is 12.7. The Balaban J connectivity index is 2.26. The van der Waals surface area contributed by atoms with E-state index in [1.54, 1.807) is 30.3 Å². The van der Waals surface area contributed by atoms with Crippen LogP contribution in [0.2, 0.25) is 0 Å². The summed E-state index contributed by atoms with van der Waals surface area (Å²) in [5, 5.41) is 0. The summed E-state index contributed by atoms with van der Waals surface area (Å²) in [4.78, 5) is 12.5. The molecule has 0 amide bonds. The second kappa shape index (κ2) is 6.73. The minimum atomic E-state index is -0.511. The van der Waals surface area contributed by atoms with Crippen LogP contribution in [0.1, 0.15) is 36.7 Å². The van der Waals surface area contributed by atoms with Crippen LogP contribution in [-0.4, -0.2) is 20.2 Å². The van der Waals surface area contributed by atoms with Crippen LogP contribution in [0.25, 0.3) is 0 Å². The number of rotatable bonds is 4. The van der Waals surface area contributed by atoms with Gasteiger partial charge in [-0.15, -0.1) is 0 Å². The second-order valence-electron chi connectivity index (χ2n) is 6.20. The zero-order valence-electron chi connectivity index (χ0n) is 14.2. The Morgan fingerprint density at radius 1 is 0.870 bits per heavy atom. The van der Waals surface area contributed by atoms with E-state index >= 15 is 0 Å². The van der Waals surface area contributed by atoms with Crippen LogP contribution >= 0.6 is 0 Å². The number of esters is 1. The van der Waals surface area contributed by atoms with Gasteiger partial charge in [-0.05, 0) is 35.2 Å². The Hall–Kier alpha value is -2.49. The third kappa shape index (κ3) is 3.83. The molecule has 0 saturated carbocycles. The van der Waals surface area contributed by atoms with E-state index in [0.29, 0.717) is 17.2 Å². The van der Waals surface area contributed by atoms with E-state index in [2.05, 4.69) is 20.8 Å². The Labute approximate surface area is 137 Å². The molecule has 0 aromatic heterocycles. The van der Waals surface area contributed by atoms with Crippen molar-refractivity contribution in [1.29, 1.82) is 0 Å². The van der Waals surface area contributed by atoms with Crippen LogP contribution in [0.3, 0.4) is 0 Å². The summed E-state index contributed by atoms with van der Waals surface area (Å²) in [6.07, 6.45) is 0. The van der Waals surface area contributed by atoms with Gasteiger partial charge in [0, 0.05) is 0 Å². The van der Waals surface area contributed by atoms with E-state index in [9.17, 15) is 4.79 Å². The van der Waals surface area contributed by atoms with E-state index < -0.39 is 5.97 Å². The van der Waals surface area contributed by atoms with Gasteiger partial charge >= 0.3 is 5.97 Å². The molecule has 2 aromatic rings. The fourth-order valence-corrected chi connectivity index (χ4v) is 2.23. The molecule has 0 N–H and O–H groups in total. The van der Waals surface area contributed by atoms with Gasteiger partial charge in [-0.1, -0.05) is 39.0 Å². The highest BCUT2D eigenvalue weighted by atomic mass is 16.5. The minimum absolute atomic E-state index is 0.0500. The number of carbonyl (C=O) groups excluding carboxylic acids is 1. The molecule has 2 rings (SSSR count). The highest BCUT2D eigenvalue weighted by Crippen LogP contribution is 2.30. The molecule has 0 spiro atoms. The fourth-order valence-electron chi connectivity index (χ4n) is 2.23. The highest BCUT2D eigenvalue weighted by Gasteiger charge is 2.20. The molecular formula is C19H22O4. The van der Waals surface area contributed by atoms with Crippen molar-refractivity contribution in [3.05, 3.63) is 53.6 Å². The van der Waals surface area contributed by atoms with E-state index in [1.807, 2.05) is 12.1 Å². The number of hydrogen-bond donors (Lipinski definition) is 0. The summed E-state index contributed by atoms with van der Waals surface area (Å²) < 4.78 is 15.9. The van der Waals surface area contributed by atoms with Gasteiger partial charge in [0.05, 0.1) is 14.2 Å². The second-order valence-corrected chi connectivity index (χ2v) is 6.20. The lowest BCUT2D eigenvalue weighted by Gasteiger charge is -2.19. The Morgan fingerprint density at radius 3 is 1.83 bits per heavy atom. The van der Waals surface area contributed by atoms with Crippen LogP contribution < -0.4 is 14.2 Å². The summed E-state index contributed by atoms with van der Waals surface area (Å²) in [6.45, 7) is 6.40. The summed E-state index contributed by atoms with van der Waals surface area (Å²) >= 11 is 0. The third-order valence-corrected chi connectivity index (χ3v) is 3.56. The molecule has 0 fully saturated rings. The van der Waals surface area contributed by atoms with Crippen molar-refractivity contribution in [3.63, 3.8) is 0 Å². The number of ether oxygens (including phenoxy) is 3. The Kier molecular flexibility index (Phi) is 4.94. The molecule has 4 nitrogen and oxygen atoms in total. The molecule has 4 heteroatoms. The van der Waals surface area contributed by atoms with Crippen molar-refractivity contribution in [3.8, 4) is 17.2 Å². The maximum absolute atomic E-state index is 12.5. The van der Waals surface area contributed by atoms with Crippen molar-refractivity contribution in [1.82, 2.24) is 0 Å². The molecule has 0 heterocycles. The lowest BCUT2D eigenvalue weighted by atomic mass is 9.87. The van der Waals surface area contributed by atoms with Gasteiger partial charge < -0.3 is 14.2 Å². The number of hydrogen-bond acceptors (Lipinski definition) is 4. The Morgan fingerprint density at radius 2 is 1.39 bits per heavy atom. The molecule has 0 aliphatic carbocycles. The fraction of sp³-hybridized carbons (Fsp3) is 0.316. The topological polar surface area (TPSA) is 44.8 Å². The first-order valence-electron chi connectivity index (χ1n) is 7.40. The predicted octanol–water partition coefficient (Wildman–Crippen LogP) is 4.22. The molecule has 0 saturated heterocycles. The van der Waals surface area contributed by atoms with Crippen molar-refractivity contribution in [2.24, 2.45) is 0 Å². The van der Waals surface area contributed by atoms with E-state index in [4.69, 9.17) is 14.2 Å². The normalized spacial score (nSPS) is 11.0. The van der Waals surface area contributed by atoms with E-state index in [-0.39, 0.29) is 11.0 Å². The van der Waals surface area contributed by atoms with Gasteiger partial charge in [-0.2, -0.15) is 0 Å². The van der Waals surface area contributed by atoms with E-state index in [0.717, 1.165) is 0 Å². The number of carbonyl (C=O) groups is 1. The first kappa shape index (κ1) is 16.9. The molecule has 0 unspecified atom stereocenters. The van der Waals surface area contributed by atoms with Gasteiger partial charge in [0.25, 0.3) is 0 Å². The van der Waals surface area contributed by atoms with Gasteiger partial charge in [0.15, 0.2) is 0 Å². The van der Waals surface area contributed by atoms with Crippen molar-refractivity contribution in [2.45, 2.75) is 26.2 Å². The van der Waals surface area contributed by atoms with Gasteiger partial charge in [0.2, 0.25) is 0 Å². The molecule has 2 aromatic carbocycles. The third-order valence-electron chi connectivity index (χ3n) is 3.56. The number of methoxy groups -OCH3 is 2. The average molecular weight is 314 g/mol. The van der Waals surface area contributed by atoms with Gasteiger partial charge in [-0.25, -0.2) is 4.79 Å². The summed E-state index contributed by atoms with van der Waals surface area (Å²) in [5.74, 6) is 0.806. The SMILES string of the molecule is COc1cccc(OC)c1C(=O)Oc1ccc(C(C)(C)C)cc1. The lowest BCUT2D eigenvalue weighted by molar-refractivity contribution is 0.0727. The molecule has 0 aliphatic heterocycles. The maximum Gasteiger partial charge on any atom is 0.351 e. The highest BCUT2D eigenvalue weighted by molar-refractivity contribution is 5.97. The predicted molar refractivity (Wildman–Crippen MR) is 89.6 cm³/mol. The molecule has 0 bridgehead atoms. The molecule has 0 radical (unpaired) electrons. The molecule has 0 atom stereocenters. The van der Waals surface area contributed by atoms with Crippen LogP contribution in [0.15, 0.2) is 42.5 Å². The van der Waals surface area contributed by atoms with E-state index in [1.165, 1.54) is 19.8 Å². The van der Waals surface area contributed by atoms with Crippen molar-refractivity contribution >= 4 is 5.97 Å². The average Bonchev–Trinajstić information content (AvgIpc) is 2.53. The lowest BCUT2D eigenvalue weighted by Crippen LogP contribution is -2.13. The minimum Gasteiger partial charge on any atom is -0.496 e. The van der Waals surface area contributed by atoms with Crippen LogP contribution in [-0.2, 0) is 5.41 Å². The van der Waals surface area contributed by atoms with Crippen LogP contribution in [0, 0.1) is 0 Å². The van der Waals surface area contributed by atoms with Crippen LogP contribution in [0.4, 0.5) is 0 Å². The zero-order chi connectivity index (χ0) is 17.0. The summed E-state index contributed by atoms with van der Waals surface area (Å²) in [7, 11) is 3.01. The van der Waals surface area contributed by atoms with Crippen molar-refractivity contribution < 1.29 is 19.0 Å². The molecule has 0 aliphatic rings. The number of benzene rings is 2. The summed E-state index contributed by atoms with van der Waals surface area (Å²) in [5.41, 5.74) is 1.50. The molecule has 122 valence electrons. The first-order chi connectivity index (χ1) is 10.9. The van der Waals surface area contributed by atoms with Crippen molar-refractivity contribution in [2.75, 3.05) is 14.2 Å². The molecule has 23 heavy (non-hydrogen) atoms. The monoisotopic (exact) mass is 314 g/mol. The maximum atomic E-state index is 12.5. The van der Waals surface area contributed by atoms with Gasteiger partial charge in [0.1, 0.15) is 22.8 Å². The standard InChI is InChI=1S/C19H22O4/c1-19(2,3)13-9-11-14(12-10-13)23-18(20)17-15(21-4)7-6-8-16(17)22-5/h6-12H,1-5H3. The largest absolute Gasteiger partial charge is 0.496 e. The zero-order valence-corrected chi connectivity index (χ0v) is 14.2. The van der Waals surface area contributed by atoms with Crippen LogP contribution in [0.5, 0.6) is 17.2 Å². The quantitative estimate of drug-likeness (QED) is 0.626. The van der Waals surface area contributed by atoms with Gasteiger partial charge in [-0.3, -0.25) is 0 Å².